The van der Waals surface area contributed by atoms with Crippen molar-refractivity contribution in [2.45, 2.75) is 69.0 Å². The molecule has 3 aliphatic carbocycles. The first-order chi connectivity index (χ1) is 19.4. The van der Waals surface area contributed by atoms with E-state index in [1.54, 1.807) is 11.8 Å². The van der Waals surface area contributed by atoms with Crippen molar-refractivity contribution < 1.29 is 23.9 Å². The lowest BCUT2D eigenvalue weighted by Gasteiger charge is -2.66. The predicted octanol–water partition coefficient (Wildman–Crippen LogP) is 4.73. The van der Waals surface area contributed by atoms with Crippen molar-refractivity contribution in [3.63, 3.8) is 0 Å². The number of nitrogens with zero attached hydrogens (tertiary/aromatic N) is 1. The third-order valence-electron chi connectivity index (χ3n) is 10.1. The molecule has 2 aromatic carbocycles. The minimum absolute atomic E-state index is 0.0774. The SMILES string of the molecule is CC1(C)C2C[C@@](C)(Cl)C(C)(C(=O)N[C@@H]3C(=O)N4[C@@H](C(=O)OC(c5ccccc5)c5ccccc5)CCS[C@@H]34)C1C2=O. The van der Waals surface area contributed by atoms with Gasteiger partial charge in [-0.05, 0) is 49.0 Å². The number of esters is 1. The van der Waals surface area contributed by atoms with Gasteiger partial charge in [0.2, 0.25) is 11.8 Å². The van der Waals surface area contributed by atoms with Crippen molar-refractivity contribution in [1.82, 2.24) is 10.2 Å². The van der Waals surface area contributed by atoms with Gasteiger partial charge in [0, 0.05) is 11.8 Å². The molecule has 7 nitrogen and oxygen atoms in total. The second-order valence-corrected chi connectivity index (χ2v) is 14.8. The maximum atomic E-state index is 13.9. The predicted molar refractivity (Wildman–Crippen MR) is 157 cm³/mol. The average molecular weight is 595 g/mol. The first-order valence-corrected chi connectivity index (χ1v) is 15.6. The molecule has 41 heavy (non-hydrogen) atoms. The number of hydrogen-bond acceptors (Lipinski definition) is 6. The molecule has 2 aliphatic heterocycles. The van der Waals surface area contributed by atoms with E-state index in [0.29, 0.717) is 18.6 Å². The molecule has 2 bridgehead atoms. The van der Waals surface area contributed by atoms with Gasteiger partial charge in [-0.15, -0.1) is 23.4 Å². The molecule has 3 saturated carbocycles. The Balaban J connectivity index is 1.19. The highest BCUT2D eigenvalue weighted by atomic mass is 35.5. The van der Waals surface area contributed by atoms with Gasteiger partial charge in [-0.2, -0.15) is 0 Å². The number of β-lactam (4-membered cyclic amide) rings is 1. The summed E-state index contributed by atoms with van der Waals surface area (Å²) >= 11 is 8.49. The second kappa shape index (κ2) is 9.87. The number of Topliss-reactive ketones (excluding diaryl/α,β-unsaturated/α-hetero) is 1. The lowest BCUT2D eigenvalue weighted by molar-refractivity contribution is -0.192. The van der Waals surface area contributed by atoms with E-state index < -0.39 is 45.7 Å². The molecule has 2 amide bonds. The Bertz CT molecular complexity index is 1360. The van der Waals surface area contributed by atoms with Gasteiger partial charge in [-0.3, -0.25) is 14.4 Å². The molecule has 1 N–H and O–H groups in total. The van der Waals surface area contributed by atoms with Crippen molar-refractivity contribution in [1.29, 1.82) is 0 Å². The van der Waals surface area contributed by atoms with Gasteiger partial charge in [0.15, 0.2) is 6.10 Å². The van der Waals surface area contributed by atoms with Crippen LogP contribution in [0.2, 0.25) is 0 Å². The summed E-state index contributed by atoms with van der Waals surface area (Å²) in [5, 5.41) is 2.56. The van der Waals surface area contributed by atoms with Crippen LogP contribution in [0.5, 0.6) is 0 Å². The summed E-state index contributed by atoms with van der Waals surface area (Å²) in [6.07, 6.45) is 0.276. The molecule has 0 aromatic heterocycles. The Hall–Kier alpha value is -2.84. The quantitative estimate of drug-likeness (QED) is 0.295. The van der Waals surface area contributed by atoms with Gasteiger partial charge in [0.1, 0.15) is 23.2 Å². The summed E-state index contributed by atoms with van der Waals surface area (Å²) < 4.78 is 6.09. The largest absolute Gasteiger partial charge is 0.451 e. The Labute approximate surface area is 249 Å². The van der Waals surface area contributed by atoms with Crippen molar-refractivity contribution in [3.8, 4) is 0 Å². The zero-order chi connectivity index (χ0) is 29.3. The number of amides is 2. The maximum absolute atomic E-state index is 13.9. The summed E-state index contributed by atoms with van der Waals surface area (Å²) in [6, 6.07) is 17.5. The molecule has 2 saturated heterocycles. The number of halogens is 1. The van der Waals surface area contributed by atoms with Gasteiger partial charge >= 0.3 is 5.97 Å². The first-order valence-electron chi connectivity index (χ1n) is 14.2. The third kappa shape index (κ3) is 4.15. The number of thioether (sulfide) groups is 1. The lowest BCUT2D eigenvalue weighted by Crippen LogP contribution is -2.78. The highest BCUT2D eigenvalue weighted by Crippen LogP contribution is 2.68. The number of carbonyl (C=O) groups is 4. The highest BCUT2D eigenvalue weighted by Gasteiger charge is 2.75. The van der Waals surface area contributed by atoms with Crippen LogP contribution in [0.15, 0.2) is 60.7 Å². The fraction of sp³-hybridized carbons (Fsp3) is 0.500. The van der Waals surface area contributed by atoms with E-state index in [4.69, 9.17) is 16.3 Å². The molecule has 0 radical (unpaired) electrons. The molecular formula is C32H35ClN2O5S. The summed E-state index contributed by atoms with van der Waals surface area (Å²) in [7, 11) is 0. The fourth-order valence-corrected chi connectivity index (χ4v) is 9.30. The van der Waals surface area contributed by atoms with E-state index in [2.05, 4.69) is 5.32 Å². The Morgan fingerprint density at radius 3 is 2.15 bits per heavy atom. The Kier molecular flexibility index (Phi) is 6.81. The summed E-state index contributed by atoms with van der Waals surface area (Å²) in [5.74, 6) is -1.12. The smallest absolute Gasteiger partial charge is 0.329 e. The van der Waals surface area contributed by atoms with Crippen LogP contribution in [0, 0.1) is 22.7 Å². The van der Waals surface area contributed by atoms with Crippen molar-refractivity contribution in [3.05, 3.63) is 71.8 Å². The van der Waals surface area contributed by atoms with E-state index in [0.717, 1.165) is 11.1 Å². The van der Waals surface area contributed by atoms with E-state index >= 15 is 0 Å². The number of ketones is 1. The van der Waals surface area contributed by atoms with Crippen LogP contribution < -0.4 is 5.32 Å². The Morgan fingerprint density at radius 2 is 1.59 bits per heavy atom. The van der Waals surface area contributed by atoms with Crippen molar-refractivity contribution >= 4 is 46.9 Å². The Morgan fingerprint density at radius 1 is 1.00 bits per heavy atom. The van der Waals surface area contributed by atoms with Gasteiger partial charge in [0.25, 0.3) is 0 Å². The van der Waals surface area contributed by atoms with Gasteiger partial charge < -0.3 is 15.0 Å². The van der Waals surface area contributed by atoms with Crippen LogP contribution in [0.1, 0.15) is 57.8 Å². The monoisotopic (exact) mass is 594 g/mol. The molecule has 9 heteroatoms. The van der Waals surface area contributed by atoms with Crippen LogP contribution in [0.3, 0.4) is 0 Å². The van der Waals surface area contributed by atoms with Crippen molar-refractivity contribution in [2.75, 3.05) is 5.75 Å². The van der Waals surface area contributed by atoms with Crippen LogP contribution in [0.4, 0.5) is 0 Å². The summed E-state index contributed by atoms with van der Waals surface area (Å²) in [4.78, 5) is 54.6. The molecule has 5 aliphatic rings. The van der Waals surface area contributed by atoms with Crippen LogP contribution in [0.25, 0.3) is 0 Å². The molecular weight excluding hydrogens is 560 g/mol. The van der Waals surface area contributed by atoms with E-state index in [1.807, 2.05) is 81.4 Å². The first kappa shape index (κ1) is 28.3. The number of nitrogens with one attached hydrogen (secondary N) is 1. The molecule has 2 aromatic rings. The number of carbonyl (C=O) groups excluding carboxylic acids is 4. The fourth-order valence-electron chi connectivity index (χ4n) is 7.56. The van der Waals surface area contributed by atoms with Gasteiger partial charge in [0.05, 0.1) is 10.3 Å². The van der Waals surface area contributed by atoms with E-state index in [9.17, 15) is 19.2 Å². The standard InChI is InChI=1S/C32H35ClN2O5S/c1-30(2)20-17-31(3,33)32(4,25(30)23(20)36)29(39)34-22-26(37)35-21(15-16-41-27(22)35)28(38)40-24(18-11-7-5-8-12-18)19-13-9-6-10-14-19/h5-14,20-22,24-25,27H,15-17H2,1-4H3,(H,34,39)/t20?,21-,22-,25?,27+,31-,32?/m1/s1. The number of fused-ring (bicyclic) bond motifs is 3. The van der Waals surface area contributed by atoms with Gasteiger partial charge in [-0.1, -0.05) is 74.5 Å². The topological polar surface area (TPSA) is 92.8 Å². The molecule has 0 spiro atoms. The molecule has 5 fully saturated rings. The van der Waals surface area contributed by atoms with Crippen LogP contribution in [-0.4, -0.2) is 56.6 Å². The minimum Gasteiger partial charge on any atom is -0.451 e. The lowest BCUT2D eigenvalue weighted by atomic mass is 9.37. The third-order valence-corrected chi connectivity index (χ3v) is 11.9. The molecule has 7 rings (SSSR count). The minimum atomic E-state index is -1.17. The zero-order valence-electron chi connectivity index (χ0n) is 23.6. The van der Waals surface area contributed by atoms with Gasteiger partial charge in [-0.25, -0.2) is 4.79 Å². The van der Waals surface area contributed by atoms with E-state index in [1.165, 1.54) is 11.8 Å². The second-order valence-electron chi connectivity index (χ2n) is 12.7. The zero-order valence-corrected chi connectivity index (χ0v) is 25.2. The van der Waals surface area contributed by atoms with E-state index in [-0.39, 0.29) is 28.9 Å². The molecule has 7 atom stereocenters. The number of benzene rings is 2. The van der Waals surface area contributed by atoms with Crippen molar-refractivity contribution in [2.24, 2.45) is 22.7 Å². The number of rotatable bonds is 6. The van der Waals surface area contributed by atoms with Crippen LogP contribution >= 0.6 is 23.4 Å². The highest BCUT2D eigenvalue weighted by molar-refractivity contribution is 8.00. The molecule has 3 unspecified atom stereocenters. The number of hydrogen-bond donors (Lipinski definition) is 1. The summed E-state index contributed by atoms with van der Waals surface area (Å²) in [5.41, 5.74) is 0.181. The average Bonchev–Trinajstić information content (AvgIpc) is 2.96. The number of alkyl halides is 1. The maximum Gasteiger partial charge on any atom is 0.329 e. The normalized spacial score (nSPS) is 35.2. The number of ether oxygens (including phenoxy) is 1. The van der Waals surface area contributed by atoms with Crippen LogP contribution in [-0.2, 0) is 23.9 Å². The summed E-state index contributed by atoms with van der Waals surface area (Å²) in [6.45, 7) is 7.62. The molecule has 216 valence electrons. The molecule has 2 heterocycles.